The van der Waals surface area contributed by atoms with E-state index in [1.165, 1.54) is 0 Å². The topological polar surface area (TPSA) is 121 Å². The van der Waals surface area contributed by atoms with Gasteiger partial charge in [0, 0.05) is 17.5 Å². The number of aromatic nitrogens is 2. The Balaban J connectivity index is 1.05. The first-order valence-electron chi connectivity index (χ1n) is 9.74. The molecule has 0 radical (unpaired) electrons. The summed E-state index contributed by atoms with van der Waals surface area (Å²) in [4.78, 5) is 54.3. The molecule has 6 fully saturated rings. The van der Waals surface area contributed by atoms with Crippen LogP contribution in [0.5, 0.6) is 0 Å². The second-order valence-electron chi connectivity index (χ2n) is 8.99. The quantitative estimate of drug-likeness (QED) is 0.674. The van der Waals surface area contributed by atoms with Gasteiger partial charge in [-0.05, 0) is 54.2 Å². The fourth-order valence-corrected chi connectivity index (χ4v) is 7.94. The van der Waals surface area contributed by atoms with Crippen LogP contribution >= 0.6 is 0 Å². The summed E-state index contributed by atoms with van der Waals surface area (Å²) in [5.41, 5.74) is 0.811. The van der Waals surface area contributed by atoms with Crippen molar-refractivity contribution in [2.45, 2.75) is 6.42 Å². The first kappa shape index (κ1) is 15.1. The van der Waals surface area contributed by atoms with Crippen molar-refractivity contribution in [3.05, 3.63) is 28.7 Å². The van der Waals surface area contributed by atoms with Crippen LogP contribution in [-0.2, 0) is 19.1 Å². The van der Waals surface area contributed by atoms with Crippen molar-refractivity contribution < 1.29 is 19.1 Å². The number of hydrogen-bond donors (Lipinski definition) is 3. The molecule has 1 aromatic carbocycles. The van der Waals surface area contributed by atoms with Gasteiger partial charge in [0.1, 0.15) is 5.78 Å². The highest BCUT2D eigenvalue weighted by Crippen LogP contribution is 2.92. The number of hydrogen-bond acceptors (Lipinski definition) is 5. The van der Waals surface area contributed by atoms with Gasteiger partial charge in [0.15, 0.2) is 6.61 Å². The van der Waals surface area contributed by atoms with Crippen LogP contribution in [0.15, 0.2) is 23.0 Å². The predicted molar refractivity (Wildman–Crippen MR) is 95.0 cm³/mol. The summed E-state index contributed by atoms with van der Waals surface area (Å²) in [5.74, 6) is 1.38. The van der Waals surface area contributed by atoms with Crippen LogP contribution in [0.1, 0.15) is 6.42 Å². The normalized spacial score (nSPS) is 42.6. The number of aromatic amines is 2. The molecule has 0 saturated heterocycles. The molecule has 8 atom stereocenters. The minimum absolute atomic E-state index is 0.0848. The Bertz CT molecular complexity index is 1180. The average molecular weight is 379 g/mol. The maximum atomic E-state index is 12.9. The zero-order chi connectivity index (χ0) is 18.9. The number of ketones is 1. The van der Waals surface area contributed by atoms with Gasteiger partial charge in [-0.25, -0.2) is 4.79 Å². The van der Waals surface area contributed by atoms with Gasteiger partial charge in [-0.3, -0.25) is 14.4 Å². The van der Waals surface area contributed by atoms with Crippen molar-refractivity contribution in [3.63, 3.8) is 0 Å². The van der Waals surface area contributed by atoms with E-state index in [1.54, 1.807) is 18.2 Å². The smallest absolute Gasteiger partial charge is 0.323 e. The molecule has 1 amide bonds. The molecule has 0 spiro atoms. The maximum Gasteiger partial charge on any atom is 0.323 e. The van der Waals surface area contributed by atoms with E-state index in [2.05, 4.69) is 15.3 Å². The summed E-state index contributed by atoms with van der Waals surface area (Å²) in [6.45, 7) is -0.369. The Labute approximate surface area is 158 Å². The van der Waals surface area contributed by atoms with E-state index < -0.39 is 11.3 Å². The summed E-state index contributed by atoms with van der Waals surface area (Å²) in [5, 5.41) is 2.68. The summed E-state index contributed by atoms with van der Waals surface area (Å²) in [7, 11) is 0. The van der Waals surface area contributed by atoms with Crippen LogP contribution < -0.4 is 11.0 Å². The molecule has 8 unspecified atom stereocenters. The van der Waals surface area contributed by atoms with Crippen molar-refractivity contribution in [1.29, 1.82) is 0 Å². The van der Waals surface area contributed by atoms with Gasteiger partial charge in [-0.1, -0.05) is 0 Å². The average Bonchev–Trinajstić information content (AvgIpc) is 3.30. The Morgan fingerprint density at radius 1 is 1.14 bits per heavy atom. The molecule has 8 nitrogen and oxygen atoms in total. The highest BCUT2D eigenvalue weighted by atomic mass is 16.5. The first-order chi connectivity index (χ1) is 13.5. The Hall–Kier alpha value is -2.90. The molecule has 8 rings (SSSR count). The number of H-pyrrole nitrogens is 2. The molecule has 4 bridgehead atoms. The number of fused-ring (bicyclic) bond motifs is 1. The van der Waals surface area contributed by atoms with Gasteiger partial charge in [0.25, 0.3) is 5.91 Å². The lowest BCUT2D eigenvalue weighted by atomic mass is 9.32. The summed E-state index contributed by atoms with van der Waals surface area (Å²) in [6.07, 6.45) is 1.10. The van der Waals surface area contributed by atoms with Crippen LogP contribution in [0, 0.1) is 46.8 Å². The van der Waals surface area contributed by atoms with Crippen molar-refractivity contribution in [1.82, 2.24) is 9.97 Å². The molecule has 28 heavy (non-hydrogen) atoms. The van der Waals surface area contributed by atoms with Crippen molar-refractivity contribution in [2.24, 2.45) is 46.8 Å². The van der Waals surface area contributed by atoms with Gasteiger partial charge < -0.3 is 20.0 Å². The lowest BCUT2D eigenvalue weighted by Crippen LogP contribution is -2.73. The van der Waals surface area contributed by atoms with Gasteiger partial charge in [0.05, 0.1) is 16.4 Å². The monoisotopic (exact) mass is 379 g/mol. The van der Waals surface area contributed by atoms with E-state index in [-0.39, 0.29) is 41.8 Å². The lowest BCUT2D eigenvalue weighted by molar-refractivity contribution is -0.263. The van der Waals surface area contributed by atoms with E-state index in [4.69, 9.17) is 4.74 Å². The molecule has 6 aliphatic carbocycles. The third kappa shape index (κ3) is 1.36. The SMILES string of the molecule is O=C(COC(=O)C12C3C(=O)C4C5CC(C41)C2C53)Nc1ccc2[nH]c(=O)[nH]c2c1. The minimum Gasteiger partial charge on any atom is -0.455 e. The molecule has 142 valence electrons. The molecule has 6 saturated carbocycles. The van der Waals surface area contributed by atoms with Crippen LogP contribution in [-0.4, -0.2) is 34.2 Å². The van der Waals surface area contributed by atoms with Crippen molar-refractivity contribution in [2.75, 3.05) is 11.9 Å². The number of ether oxygens (including phenoxy) is 1. The second-order valence-corrected chi connectivity index (χ2v) is 8.99. The number of imidazole rings is 1. The predicted octanol–water partition coefficient (Wildman–Crippen LogP) is 0.665. The van der Waals surface area contributed by atoms with Crippen LogP contribution in [0.2, 0.25) is 0 Å². The fourth-order valence-electron chi connectivity index (χ4n) is 7.94. The summed E-state index contributed by atoms with van der Waals surface area (Å²) < 4.78 is 5.39. The van der Waals surface area contributed by atoms with Gasteiger partial charge >= 0.3 is 11.7 Å². The number of carbonyl (C=O) groups excluding carboxylic acids is 3. The van der Waals surface area contributed by atoms with E-state index in [0.717, 1.165) is 6.42 Å². The number of anilines is 1. The van der Waals surface area contributed by atoms with E-state index in [9.17, 15) is 19.2 Å². The molecule has 3 N–H and O–H groups in total. The lowest BCUT2D eigenvalue weighted by Gasteiger charge is -2.69. The standard InChI is InChI=1S/C20H17N3O5/c24-11(21-6-1-2-9-10(3-6)23-19(27)22-9)5-28-18(26)20-14-8-4-7-12(14)16(20)17(25)13(7)15(8)20/h1-3,7-8,12-16H,4-5H2,(H,21,24)(H2,22,23,27). The third-order valence-corrected chi connectivity index (χ3v) is 8.35. The third-order valence-electron chi connectivity index (χ3n) is 8.35. The number of Topliss-reactive ketones (excluding diaryl/α,β-unsaturated/α-hetero) is 1. The van der Waals surface area contributed by atoms with E-state index >= 15 is 0 Å². The Morgan fingerprint density at radius 2 is 1.96 bits per heavy atom. The van der Waals surface area contributed by atoms with E-state index in [0.29, 0.717) is 40.4 Å². The van der Waals surface area contributed by atoms with Crippen LogP contribution in [0.4, 0.5) is 5.69 Å². The van der Waals surface area contributed by atoms with Crippen molar-refractivity contribution >= 4 is 34.4 Å². The molecule has 6 aliphatic rings. The van der Waals surface area contributed by atoms with Crippen LogP contribution in [0.25, 0.3) is 11.0 Å². The molecular weight excluding hydrogens is 362 g/mol. The molecular formula is C20H17N3O5. The molecule has 2 aromatic rings. The zero-order valence-electron chi connectivity index (χ0n) is 14.7. The zero-order valence-corrected chi connectivity index (χ0v) is 14.7. The Morgan fingerprint density at radius 3 is 2.79 bits per heavy atom. The highest BCUT2D eigenvalue weighted by Gasteiger charge is 2.96. The van der Waals surface area contributed by atoms with Crippen molar-refractivity contribution in [3.8, 4) is 0 Å². The first-order valence-corrected chi connectivity index (χ1v) is 9.74. The number of carbonyl (C=O) groups is 3. The number of rotatable bonds is 4. The summed E-state index contributed by atoms with van der Waals surface area (Å²) in [6, 6.07) is 4.99. The Kier molecular flexibility index (Phi) is 2.37. The molecule has 0 aliphatic heterocycles. The minimum atomic E-state index is -0.603. The largest absolute Gasteiger partial charge is 0.455 e. The van der Waals surface area contributed by atoms with Gasteiger partial charge in [0.2, 0.25) is 0 Å². The molecule has 1 aromatic heterocycles. The summed E-state index contributed by atoms with van der Waals surface area (Å²) >= 11 is 0. The highest BCUT2D eigenvalue weighted by molar-refractivity contribution is 6.03. The fraction of sp³-hybridized carbons (Fsp3) is 0.500. The van der Waals surface area contributed by atoms with Gasteiger partial charge in [-0.2, -0.15) is 0 Å². The molecule has 1 heterocycles. The molecule has 8 heteroatoms. The number of amides is 1. The van der Waals surface area contributed by atoms with Gasteiger partial charge in [-0.15, -0.1) is 0 Å². The second kappa shape index (κ2) is 4.39. The van der Waals surface area contributed by atoms with Crippen LogP contribution in [0.3, 0.4) is 0 Å². The number of benzene rings is 1. The number of esters is 1. The maximum absolute atomic E-state index is 12.9. The number of nitrogens with one attached hydrogen (secondary N) is 3. The van der Waals surface area contributed by atoms with E-state index in [1.807, 2.05) is 0 Å².